The fourth-order valence-electron chi connectivity index (χ4n) is 2.18. The highest BCUT2D eigenvalue weighted by Crippen LogP contribution is 2.12. The average Bonchev–Trinajstić information content (AvgIpc) is 2.37. The van der Waals surface area contributed by atoms with Crippen molar-refractivity contribution >= 4 is 0 Å². The number of methoxy groups -OCH3 is 1. The molecule has 0 spiro atoms. The molecule has 0 aliphatic carbocycles. The summed E-state index contributed by atoms with van der Waals surface area (Å²) in [5, 5.41) is 3.37. The number of nitrogens with zero attached hydrogens (tertiary/aromatic N) is 2. The number of hydrogen-bond donors (Lipinski definition) is 1. The molecule has 0 radical (unpaired) electrons. The largest absolute Gasteiger partial charge is 0.481 e. The maximum absolute atomic E-state index is 5.19. The van der Waals surface area contributed by atoms with Crippen molar-refractivity contribution in [3.63, 3.8) is 0 Å². The van der Waals surface area contributed by atoms with E-state index >= 15 is 0 Å². The van der Waals surface area contributed by atoms with Crippen LogP contribution in [0.25, 0.3) is 0 Å². The van der Waals surface area contributed by atoms with Crippen LogP contribution in [-0.4, -0.2) is 49.7 Å². The van der Waals surface area contributed by atoms with Gasteiger partial charge in [0, 0.05) is 44.5 Å². The molecule has 1 aliphatic rings. The molecule has 4 heteroatoms. The summed E-state index contributed by atoms with van der Waals surface area (Å²) in [5.74, 6) is 0.723. The first-order valence-corrected chi connectivity index (χ1v) is 6.22. The Morgan fingerprint density at radius 3 is 2.82 bits per heavy atom. The number of pyridine rings is 1. The van der Waals surface area contributed by atoms with Crippen molar-refractivity contribution < 1.29 is 4.74 Å². The molecule has 1 aromatic rings. The number of hydrogen-bond acceptors (Lipinski definition) is 4. The van der Waals surface area contributed by atoms with Crippen molar-refractivity contribution in [2.24, 2.45) is 0 Å². The van der Waals surface area contributed by atoms with Gasteiger partial charge >= 0.3 is 0 Å². The molecule has 1 aliphatic heterocycles. The van der Waals surface area contributed by atoms with Gasteiger partial charge in [-0.15, -0.1) is 0 Å². The third kappa shape index (κ3) is 3.68. The Morgan fingerprint density at radius 2 is 2.12 bits per heavy atom. The second-order valence-electron chi connectivity index (χ2n) is 4.50. The van der Waals surface area contributed by atoms with E-state index < -0.39 is 0 Å². The lowest BCUT2D eigenvalue weighted by molar-refractivity contribution is 0.244. The maximum atomic E-state index is 5.19. The number of piperazine rings is 1. The topological polar surface area (TPSA) is 37.4 Å². The summed E-state index contributed by atoms with van der Waals surface area (Å²) in [5.41, 5.74) is 2.34. The first-order chi connectivity index (χ1) is 8.28. The summed E-state index contributed by atoms with van der Waals surface area (Å²) in [6.07, 6.45) is 1.07. The van der Waals surface area contributed by atoms with Crippen LogP contribution >= 0.6 is 0 Å². The minimum atomic E-state index is 0.723. The summed E-state index contributed by atoms with van der Waals surface area (Å²) >= 11 is 0. The SMILES string of the molecule is COc1cc(CCN2CCNCC2)cc(C)n1. The zero-order chi connectivity index (χ0) is 12.1. The number of aryl methyl sites for hydroxylation is 1. The summed E-state index contributed by atoms with van der Waals surface area (Å²) < 4.78 is 5.19. The molecule has 0 atom stereocenters. The van der Waals surface area contributed by atoms with Crippen LogP contribution in [-0.2, 0) is 6.42 Å². The molecule has 0 aromatic carbocycles. The van der Waals surface area contributed by atoms with Gasteiger partial charge in [0.05, 0.1) is 7.11 Å². The van der Waals surface area contributed by atoms with Crippen LogP contribution < -0.4 is 10.1 Å². The first kappa shape index (κ1) is 12.3. The van der Waals surface area contributed by atoms with Gasteiger partial charge in [0.1, 0.15) is 0 Å². The summed E-state index contributed by atoms with van der Waals surface area (Å²) in [6, 6.07) is 4.18. The molecular formula is C13H21N3O. The molecule has 0 bridgehead atoms. The summed E-state index contributed by atoms with van der Waals surface area (Å²) in [4.78, 5) is 6.80. The van der Waals surface area contributed by atoms with Crippen molar-refractivity contribution in [1.29, 1.82) is 0 Å². The number of nitrogens with one attached hydrogen (secondary N) is 1. The summed E-state index contributed by atoms with van der Waals surface area (Å²) in [7, 11) is 1.67. The highest BCUT2D eigenvalue weighted by atomic mass is 16.5. The zero-order valence-electron chi connectivity index (χ0n) is 10.7. The van der Waals surface area contributed by atoms with E-state index in [2.05, 4.69) is 21.3 Å². The van der Waals surface area contributed by atoms with Gasteiger partial charge in [0.15, 0.2) is 0 Å². The van der Waals surface area contributed by atoms with Crippen molar-refractivity contribution in [2.75, 3.05) is 39.8 Å². The van der Waals surface area contributed by atoms with Crippen molar-refractivity contribution in [3.05, 3.63) is 23.4 Å². The Labute approximate surface area is 103 Å². The van der Waals surface area contributed by atoms with Crippen LogP contribution in [0.5, 0.6) is 5.88 Å². The zero-order valence-corrected chi connectivity index (χ0v) is 10.7. The Kier molecular flexibility index (Phi) is 4.34. The van der Waals surface area contributed by atoms with Crippen LogP contribution in [0.4, 0.5) is 0 Å². The molecule has 94 valence electrons. The van der Waals surface area contributed by atoms with E-state index in [4.69, 9.17) is 4.74 Å². The Hall–Kier alpha value is -1.13. The number of ether oxygens (including phenoxy) is 1. The highest BCUT2D eigenvalue weighted by Gasteiger charge is 2.09. The van der Waals surface area contributed by atoms with Crippen molar-refractivity contribution in [2.45, 2.75) is 13.3 Å². The van der Waals surface area contributed by atoms with E-state index in [-0.39, 0.29) is 0 Å². The molecule has 0 saturated carbocycles. The molecule has 1 fully saturated rings. The highest BCUT2D eigenvalue weighted by molar-refractivity contribution is 5.24. The molecule has 1 N–H and O–H groups in total. The maximum Gasteiger partial charge on any atom is 0.213 e. The quantitative estimate of drug-likeness (QED) is 0.839. The molecule has 2 rings (SSSR count). The predicted octanol–water partition coefficient (Wildman–Crippen LogP) is 0.846. The minimum Gasteiger partial charge on any atom is -0.481 e. The minimum absolute atomic E-state index is 0.723. The molecule has 17 heavy (non-hydrogen) atoms. The van der Waals surface area contributed by atoms with Gasteiger partial charge in [0.25, 0.3) is 0 Å². The van der Waals surface area contributed by atoms with Crippen LogP contribution in [0.15, 0.2) is 12.1 Å². The van der Waals surface area contributed by atoms with Gasteiger partial charge in [-0.1, -0.05) is 0 Å². The monoisotopic (exact) mass is 235 g/mol. The van der Waals surface area contributed by atoms with E-state index in [9.17, 15) is 0 Å². The van der Waals surface area contributed by atoms with Crippen LogP contribution in [0.1, 0.15) is 11.3 Å². The van der Waals surface area contributed by atoms with Gasteiger partial charge in [-0.2, -0.15) is 0 Å². The average molecular weight is 235 g/mol. The van der Waals surface area contributed by atoms with E-state index in [1.54, 1.807) is 7.11 Å². The van der Waals surface area contributed by atoms with Gasteiger partial charge in [-0.3, -0.25) is 0 Å². The molecular weight excluding hydrogens is 214 g/mol. The van der Waals surface area contributed by atoms with Gasteiger partial charge < -0.3 is 15.0 Å². The van der Waals surface area contributed by atoms with Crippen molar-refractivity contribution in [1.82, 2.24) is 15.2 Å². The van der Waals surface area contributed by atoms with E-state index in [0.29, 0.717) is 0 Å². The Balaban J connectivity index is 1.91. The lowest BCUT2D eigenvalue weighted by Gasteiger charge is -2.27. The smallest absolute Gasteiger partial charge is 0.213 e. The number of aromatic nitrogens is 1. The normalized spacial score (nSPS) is 17.1. The third-order valence-electron chi connectivity index (χ3n) is 3.13. The first-order valence-electron chi connectivity index (χ1n) is 6.22. The lowest BCUT2D eigenvalue weighted by Crippen LogP contribution is -2.44. The fourth-order valence-corrected chi connectivity index (χ4v) is 2.18. The van der Waals surface area contributed by atoms with Gasteiger partial charge in [-0.25, -0.2) is 4.98 Å². The van der Waals surface area contributed by atoms with Crippen LogP contribution in [0, 0.1) is 6.92 Å². The van der Waals surface area contributed by atoms with Crippen LogP contribution in [0.2, 0.25) is 0 Å². The van der Waals surface area contributed by atoms with Crippen LogP contribution in [0.3, 0.4) is 0 Å². The van der Waals surface area contributed by atoms with Gasteiger partial charge in [0.2, 0.25) is 5.88 Å². The van der Waals surface area contributed by atoms with E-state index in [1.807, 2.05) is 13.0 Å². The van der Waals surface area contributed by atoms with E-state index in [0.717, 1.165) is 50.7 Å². The number of rotatable bonds is 4. The molecule has 1 aromatic heterocycles. The second kappa shape index (κ2) is 5.98. The fraction of sp³-hybridized carbons (Fsp3) is 0.615. The Bertz CT molecular complexity index is 362. The third-order valence-corrected chi connectivity index (χ3v) is 3.13. The molecule has 0 amide bonds. The second-order valence-corrected chi connectivity index (χ2v) is 4.50. The molecule has 2 heterocycles. The van der Waals surface area contributed by atoms with Crippen molar-refractivity contribution in [3.8, 4) is 5.88 Å². The lowest BCUT2D eigenvalue weighted by atomic mass is 10.1. The predicted molar refractivity (Wildman–Crippen MR) is 68.5 cm³/mol. The van der Waals surface area contributed by atoms with E-state index in [1.165, 1.54) is 5.56 Å². The Morgan fingerprint density at radius 1 is 1.35 bits per heavy atom. The molecule has 0 unspecified atom stereocenters. The molecule has 4 nitrogen and oxygen atoms in total. The standard InChI is InChI=1S/C13H21N3O/c1-11-9-12(10-13(15-11)17-2)3-6-16-7-4-14-5-8-16/h9-10,14H,3-8H2,1-2H3. The summed E-state index contributed by atoms with van der Waals surface area (Å²) in [6.45, 7) is 7.66. The molecule has 1 saturated heterocycles. The van der Waals surface area contributed by atoms with Gasteiger partial charge in [-0.05, 0) is 25.0 Å².